The number of carbonyl (C=O) groups is 1. The minimum Gasteiger partial charge on any atom is -0.352 e. The van der Waals surface area contributed by atoms with Crippen molar-refractivity contribution in [1.82, 2.24) is 9.88 Å². The lowest BCUT2D eigenvalue weighted by atomic mass is 10.1. The third-order valence-corrected chi connectivity index (χ3v) is 5.76. The maximum absolute atomic E-state index is 12.8. The van der Waals surface area contributed by atoms with E-state index in [-0.39, 0.29) is 17.0 Å². The minimum absolute atomic E-state index is 0.172. The maximum Gasteiger partial charge on any atom is 0.263 e. The van der Waals surface area contributed by atoms with Gasteiger partial charge in [-0.3, -0.25) is 9.59 Å². The molecule has 1 N–H and O–H groups in total. The molecule has 0 unspecified atom stereocenters. The highest BCUT2D eigenvalue weighted by molar-refractivity contribution is 7.19. The largest absolute Gasteiger partial charge is 0.352 e. The molecule has 1 aromatic carbocycles. The summed E-state index contributed by atoms with van der Waals surface area (Å²) in [6, 6.07) is 15.3. The predicted octanol–water partition coefficient (Wildman–Crippen LogP) is 5.00. The number of pyridine rings is 1. The summed E-state index contributed by atoms with van der Waals surface area (Å²) >= 11 is 7.50. The van der Waals surface area contributed by atoms with E-state index < -0.39 is 0 Å². The number of halogens is 1. The van der Waals surface area contributed by atoms with Crippen LogP contribution in [0.3, 0.4) is 0 Å². The lowest BCUT2D eigenvalue weighted by Gasteiger charge is -2.11. The number of hydrogen-bond acceptors (Lipinski definition) is 3. The highest BCUT2D eigenvalue weighted by Crippen LogP contribution is 2.30. The molecule has 146 valence electrons. The van der Waals surface area contributed by atoms with Gasteiger partial charge in [-0.05, 0) is 36.6 Å². The molecular formula is C22H23ClN2O2S. The molecule has 0 spiro atoms. The molecule has 28 heavy (non-hydrogen) atoms. The van der Waals surface area contributed by atoms with Gasteiger partial charge >= 0.3 is 0 Å². The molecule has 3 rings (SSSR count). The Kier molecular flexibility index (Phi) is 7.06. The van der Waals surface area contributed by atoms with Crippen LogP contribution in [0.5, 0.6) is 0 Å². The van der Waals surface area contributed by atoms with Crippen LogP contribution in [-0.2, 0) is 13.0 Å². The zero-order valence-corrected chi connectivity index (χ0v) is 17.4. The summed E-state index contributed by atoms with van der Waals surface area (Å²) in [7, 11) is 0. The van der Waals surface area contributed by atoms with Gasteiger partial charge in [-0.1, -0.05) is 55.3 Å². The van der Waals surface area contributed by atoms with Gasteiger partial charge in [0.05, 0.1) is 4.34 Å². The van der Waals surface area contributed by atoms with Crippen molar-refractivity contribution in [3.05, 3.63) is 80.5 Å². The van der Waals surface area contributed by atoms with Crippen LogP contribution in [0.2, 0.25) is 4.34 Å². The molecule has 0 aliphatic carbocycles. The molecule has 0 atom stereocenters. The van der Waals surface area contributed by atoms with E-state index >= 15 is 0 Å². The third kappa shape index (κ3) is 5.12. The number of benzene rings is 1. The Balaban J connectivity index is 1.83. The first kappa shape index (κ1) is 20.4. The second kappa shape index (κ2) is 9.71. The molecule has 0 bridgehead atoms. The molecule has 0 fully saturated rings. The third-order valence-electron chi connectivity index (χ3n) is 4.48. The molecule has 6 heteroatoms. The van der Waals surface area contributed by atoms with Crippen molar-refractivity contribution in [1.29, 1.82) is 0 Å². The van der Waals surface area contributed by atoms with Gasteiger partial charge in [-0.15, -0.1) is 11.3 Å². The number of aryl methyl sites for hydroxylation is 1. The number of carbonyl (C=O) groups excluding carboxylic acids is 1. The minimum atomic E-state index is -0.337. The molecule has 2 aromatic heterocycles. The summed E-state index contributed by atoms with van der Waals surface area (Å²) in [5.74, 6) is -0.337. The van der Waals surface area contributed by atoms with E-state index in [1.165, 1.54) is 11.3 Å². The van der Waals surface area contributed by atoms with Crippen LogP contribution in [0.25, 0.3) is 10.4 Å². The summed E-state index contributed by atoms with van der Waals surface area (Å²) in [5.41, 5.74) is 1.90. The molecule has 0 aliphatic rings. The fraction of sp³-hybridized carbons (Fsp3) is 0.273. The van der Waals surface area contributed by atoms with Crippen molar-refractivity contribution >= 4 is 28.8 Å². The van der Waals surface area contributed by atoms with E-state index in [1.807, 2.05) is 48.7 Å². The summed E-state index contributed by atoms with van der Waals surface area (Å²) in [6.45, 7) is 3.14. The maximum atomic E-state index is 12.8. The fourth-order valence-electron chi connectivity index (χ4n) is 2.96. The first-order valence-corrected chi connectivity index (χ1v) is 10.6. The molecule has 0 radical (unpaired) electrons. The zero-order chi connectivity index (χ0) is 19.9. The first-order chi connectivity index (χ1) is 13.6. The van der Waals surface area contributed by atoms with E-state index in [1.54, 1.807) is 10.6 Å². The van der Waals surface area contributed by atoms with E-state index in [0.29, 0.717) is 17.4 Å². The molecule has 0 saturated heterocycles. The highest BCUT2D eigenvalue weighted by atomic mass is 35.5. The van der Waals surface area contributed by atoms with E-state index in [0.717, 1.165) is 35.3 Å². The van der Waals surface area contributed by atoms with Crippen LogP contribution in [0.4, 0.5) is 0 Å². The molecule has 0 saturated carbocycles. The second-order valence-corrected chi connectivity index (χ2v) is 8.30. The number of rotatable bonds is 8. The van der Waals surface area contributed by atoms with Crippen molar-refractivity contribution in [2.45, 2.75) is 32.7 Å². The number of amides is 1. The number of nitrogens with zero attached hydrogens (tertiary/aromatic N) is 1. The molecular weight excluding hydrogens is 392 g/mol. The van der Waals surface area contributed by atoms with Crippen LogP contribution in [0, 0.1) is 0 Å². The monoisotopic (exact) mass is 414 g/mol. The van der Waals surface area contributed by atoms with Gasteiger partial charge in [-0.25, -0.2) is 0 Å². The van der Waals surface area contributed by atoms with Crippen LogP contribution in [-0.4, -0.2) is 17.0 Å². The lowest BCUT2D eigenvalue weighted by molar-refractivity contribution is 0.0952. The van der Waals surface area contributed by atoms with Gasteiger partial charge < -0.3 is 9.88 Å². The van der Waals surface area contributed by atoms with Gasteiger partial charge in [0.1, 0.15) is 5.56 Å². The second-order valence-electron chi connectivity index (χ2n) is 6.59. The van der Waals surface area contributed by atoms with Crippen molar-refractivity contribution in [2.24, 2.45) is 0 Å². The van der Waals surface area contributed by atoms with Gasteiger partial charge in [0.15, 0.2) is 0 Å². The predicted molar refractivity (Wildman–Crippen MR) is 116 cm³/mol. The van der Waals surface area contributed by atoms with Crippen LogP contribution < -0.4 is 10.9 Å². The molecule has 0 aliphatic heterocycles. The Morgan fingerprint density at radius 1 is 1.18 bits per heavy atom. The van der Waals surface area contributed by atoms with Crippen molar-refractivity contribution < 1.29 is 4.79 Å². The smallest absolute Gasteiger partial charge is 0.263 e. The Bertz CT molecular complexity index is 995. The first-order valence-electron chi connectivity index (χ1n) is 9.41. The van der Waals surface area contributed by atoms with Crippen molar-refractivity contribution in [3.8, 4) is 10.4 Å². The number of hydrogen-bond donors (Lipinski definition) is 1. The fourth-order valence-corrected chi connectivity index (χ4v) is 3.98. The Labute approximate surface area is 173 Å². The van der Waals surface area contributed by atoms with Gasteiger partial charge in [0, 0.05) is 29.7 Å². The van der Waals surface area contributed by atoms with Crippen LogP contribution in [0.15, 0.2) is 59.5 Å². The van der Waals surface area contributed by atoms with E-state index in [4.69, 9.17) is 11.6 Å². The Morgan fingerprint density at radius 3 is 2.64 bits per heavy atom. The Morgan fingerprint density at radius 2 is 1.96 bits per heavy atom. The van der Waals surface area contributed by atoms with Crippen LogP contribution >= 0.6 is 22.9 Å². The van der Waals surface area contributed by atoms with E-state index in [9.17, 15) is 9.59 Å². The average molecular weight is 415 g/mol. The number of unbranched alkanes of at least 4 members (excludes halogenated alkanes) is 1. The zero-order valence-electron chi connectivity index (χ0n) is 15.8. The van der Waals surface area contributed by atoms with Gasteiger partial charge in [-0.2, -0.15) is 0 Å². The van der Waals surface area contributed by atoms with Gasteiger partial charge in [0.2, 0.25) is 0 Å². The van der Waals surface area contributed by atoms with Crippen LogP contribution in [0.1, 0.15) is 35.7 Å². The standard InChI is InChI=1S/C22H23ClN2O2S/c1-2-3-13-25-15-17(19-9-10-20(23)28-19)14-18(22(25)27)21(26)24-12-11-16-7-5-4-6-8-16/h4-10,14-15H,2-3,11-13H2,1H3,(H,24,26). The van der Waals surface area contributed by atoms with Crippen molar-refractivity contribution in [2.75, 3.05) is 6.54 Å². The molecule has 4 nitrogen and oxygen atoms in total. The Hall–Kier alpha value is -2.37. The number of nitrogens with one attached hydrogen (secondary N) is 1. The molecule has 2 heterocycles. The topological polar surface area (TPSA) is 51.1 Å². The SMILES string of the molecule is CCCCn1cc(-c2ccc(Cl)s2)cc(C(=O)NCCc2ccccc2)c1=O. The summed E-state index contributed by atoms with van der Waals surface area (Å²) in [4.78, 5) is 26.5. The summed E-state index contributed by atoms with van der Waals surface area (Å²) < 4.78 is 2.31. The van der Waals surface area contributed by atoms with E-state index in [2.05, 4.69) is 12.2 Å². The quantitative estimate of drug-likeness (QED) is 0.563. The van der Waals surface area contributed by atoms with Gasteiger partial charge in [0.25, 0.3) is 11.5 Å². The van der Waals surface area contributed by atoms with Crippen molar-refractivity contribution in [3.63, 3.8) is 0 Å². The summed E-state index contributed by atoms with van der Waals surface area (Å²) in [6.07, 6.45) is 4.39. The highest BCUT2D eigenvalue weighted by Gasteiger charge is 2.15. The molecule has 1 amide bonds. The summed E-state index contributed by atoms with van der Waals surface area (Å²) in [5, 5.41) is 2.88. The normalized spacial score (nSPS) is 10.8. The average Bonchev–Trinajstić information content (AvgIpc) is 3.14. The molecule has 3 aromatic rings. The number of thiophene rings is 1. The lowest BCUT2D eigenvalue weighted by Crippen LogP contribution is -2.34. The number of aromatic nitrogens is 1.